The van der Waals surface area contributed by atoms with Crippen molar-refractivity contribution in [2.75, 3.05) is 12.3 Å². The molecule has 0 saturated heterocycles. The first-order chi connectivity index (χ1) is 9.54. The molecule has 0 fully saturated rings. The van der Waals surface area contributed by atoms with Gasteiger partial charge < -0.3 is 10.6 Å². The first-order valence-corrected chi connectivity index (χ1v) is 6.81. The molecule has 0 bridgehead atoms. The normalized spacial score (nSPS) is 12.0. The smallest absolute Gasteiger partial charge is 0.398 e. The topological polar surface area (TPSA) is 46.3 Å². The summed E-state index contributed by atoms with van der Waals surface area (Å²) in [4.78, 5) is 14.0. The molecular formula is C15H21F3N2O. The van der Waals surface area contributed by atoms with Gasteiger partial charge in [-0.25, -0.2) is 0 Å². The molecule has 118 valence electrons. The maximum atomic E-state index is 12.9. The van der Waals surface area contributed by atoms with Gasteiger partial charge >= 0.3 is 6.18 Å². The molecule has 0 spiro atoms. The summed E-state index contributed by atoms with van der Waals surface area (Å²) in [6.07, 6.45) is -4.57. The standard InChI is InChI=1S/C15H21F3N2O/c1-9(2)8-20(10(3)4)14(21)11-5-6-13(19)12(7-11)15(16,17)18/h5-7,9-10H,8,19H2,1-4H3. The van der Waals surface area contributed by atoms with Crippen LogP contribution in [0.5, 0.6) is 0 Å². The molecule has 0 heterocycles. The highest BCUT2D eigenvalue weighted by Crippen LogP contribution is 2.34. The lowest BCUT2D eigenvalue weighted by Gasteiger charge is -2.29. The largest absolute Gasteiger partial charge is 0.418 e. The van der Waals surface area contributed by atoms with E-state index in [1.54, 1.807) is 4.90 Å². The molecule has 0 aromatic heterocycles. The molecule has 0 saturated carbocycles. The maximum Gasteiger partial charge on any atom is 0.418 e. The summed E-state index contributed by atoms with van der Waals surface area (Å²) >= 11 is 0. The summed E-state index contributed by atoms with van der Waals surface area (Å²) < 4.78 is 38.6. The Morgan fingerprint density at radius 2 is 1.81 bits per heavy atom. The Bertz CT molecular complexity index is 510. The molecule has 0 unspecified atom stereocenters. The van der Waals surface area contributed by atoms with Crippen molar-refractivity contribution in [3.05, 3.63) is 29.3 Å². The summed E-state index contributed by atoms with van der Waals surface area (Å²) in [5.74, 6) is -0.184. The molecule has 1 amide bonds. The van der Waals surface area contributed by atoms with Crippen LogP contribution in [-0.2, 0) is 6.18 Å². The highest BCUT2D eigenvalue weighted by atomic mass is 19.4. The number of nitrogens with zero attached hydrogens (tertiary/aromatic N) is 1. The van der Waals surface area contributed by atoms with Gasteiger partial charge in [0.2, 0.25) is 0 Å². The predicted octanol–water partition coefficient (Wildman–Crippen LogP) is 3.79. The number of benzene rings is 1. The van der Waals surface area contributed by atoms with E-state index in [4.69, 9.17) is 5.73 Å². The molecule has 2 N–H and O–H groups in total. The van der Waals surface area contributed by atoms with Gasteiger partial charge in [-0.15, -0.1) is 0 Å². The van der Waals surface area contributed by atoms with E-state index >= 15 is 0 Å². The third-order valence-corrected chi connectivity index (χ3v) is 3.05. The van der Waals surface area contributed by atoms with Crippen molar-refractivity contribution in [2.45, 2.75) is 39.9 Å². The second kappa shape index (κ2) is 6.37. The average molecular weight is 302 g/mol. The SMILES string of the molecule is CC(C)CN(C(=O)c1ccc(N)c(C(F)(F)F)c1)C(C)C. The molecule has 0 atom stereocenters. The fourth-order valence-electron chi connectivity index (χ4n) is 2.02. The van der Waals surface area contributed by atoms with E-state index in [0.29, 0.717) is 6.54 Å². The van der Waals surface area contributed by atoms with Crippen molar-refractivity contribution in [3.63, 3.8) is 0 Å². The number of anilines is 1. The minimum Gasteiger partial charge on any atom is -0.398 e. The maximum absolute atomic E-state index is 12.9. The Morgan fingerprint density at radius 1 is 1.24 bits per heavy atom. The zero-order valence-electron chi connectivity index (χ0n) is 12.7. The van der Waals surface area contributed by atoms with E-state index < -0.39 is 17.6 Å². The quantitative estimate of drug-likeness (QED) is 0.860. The molecule has 1 rings (SSSR count). The lowest BCUT2D eigenvalue weighted by molar-refractivity contribution is -0.136. The van der Waals surface area contributed by atoms with Crippen molar-refractivity contribution in [2.24, 2.45) is 5.92 Å². The lowest BCUT2D eigenvalue weighted by atomic mass is 10.1. The lowest BCUT2D eigenvalue weighted by Crippen LogP contribution is -2.39. The number of carbonyl (C=O) groups is 1. The first-order valence-electron chi connectivity index (χ1n) is 6.81. The number of nitrogens with two attached hydrogens (primary N) is 1. The molecule has 0 aliphatic rings. The van der Waals surface area contributed by atoms with Crippen LogP contribution in [0.15, 0.2) is 18.2 Å². The van der Waals surface area contributed by atoms with E-state index in [9.17, 15) is 18.0 Å². The van der Waals surface area contributed by atoms with Gasteiger partial charge in [0, 0.05) is 23.8 Å². The van der Waals surface area contributed by atoms with E-state index in [-0.39, 0.29) is 23.2 Å². The van der Waals surface area contributed by atoms with Crippen LogP contribution < -0.4 is 5.73 Å². The Kier molecular flexibility index (Phi) is 5.25. The van der Waals surface area contributed by atoms with Crippen molar-refractivity contribution in [1.82, 2.24) is 4.90 Å². The summed E-state index contributed by atoms with van der Waals surface area (Å²) in [6, 6.07) is 3.20. The Morgan fingerprint density at radius 3 is 2.24 bits per heavy atom. The van der Waals surface area contributed by atoms with Gasteiger partial charge in [-0.2, -0.15) is 13.2 Å². The van der Waals surface area contributed by atoms with E-state index in [2.05, 4.69) is 0 Å². The first kappa shape index (κ1) is 17.3. The van der Waals surface area contributed by atoms with Gasteiger partial charge in [-0.05, 0) is 38.0 Å². The summed E-state index contributed by atoms with van der Waals surface area (Å²) in [6.45, 7) is 8.06. The molecule has 1 aromatic rings. The molecular weight excluding hydrogens is 281 g/mol. The third kappa shape index (κ3) is 4.37. The number of halogens is 3. The molecule has 21 heavy (non-hydrogen) atoms. The Labute approximate surface area is 122 Å². The van der Waals surface area contributed by atoms with E-state index in [1.807, 2.05) is 27.7 Å². The molecule has 0 aliphatic heterocycles. The highest BCUT2D eigenvalue weighted by Gasteiger charge is 2.34. The minimum absolute atomic E-state index is 0.00544. The second-order valence-corrected chi connectivity index (χ2v) is 5.74. The van der Waals surface area contributed by atoms with Crippen LogP contribution in [0.1, 0.15) is 43.6 Å². The van der Waals surface area contributed by atoms with Crippen molar-refractivity contribution < 1.29 is 18.0 Å². The molecule has 0 aliphatic carbocycles. The predicted molar refractivity (Wildman–Crippen MR) is 76.9 cm³/mol. The number of hydrogen-bond donors (Lipinski definition) is 1. The number of alkyl halides is 3. The van der Waals surface area contributed by atoms with Gasteiger partial charge in [-0.3, -0.25) is 4.79 Å². The van der Waals surface area contributed by atoms with Crippen LogP contribution in [0.2, 0.25) is 0 Å². The summed E-state index contributed by atoms with van der Waals surface area (Å²) in [5, 5.41) is 0. The van der Waals surface area contributed by atoms with Crippen LogP contribution in [-0.4, -0.2) is 23.4 Å². The second-order valence-electron chi connectivity index (χ2n) is 5.74. The summed E-state index contributed by atoms with van der Waals surface area (Å²) in [5.41, 5.74) is 4.01. The Balaban J connectivity index is 3.17. The van der Waals surface area contributed by atoms with E-state index in [0.717, 1.165) is 12.1 Å². The number of rotatable bonds is 4. The van der Waals surface area contributed by atoms with Crippen molar-refractivity contribution in [1.29, 1.82) is 0 Å². The van der Waals surface area contributed by atoms with Crippen LogP contribution in [0, 0.1) is 5.92 Å². The molecule has 1 aromatic carbocycles. The van der Waals surface area contributed by atoms with Gasteiger partial charge in [0.25, 0.3) is 5.91 Å². The van der Waals surface area contributed by atoms with Crippen molar-refractivity contribution >= 4 is 11.6 Å². The van der Waals surface area contributed by atoms with E-state index in [1.165, 1.54) is 6.07 Å². The monoisotopic (exact) mass is 302 g/mol. The number of nitrogen functional groups attached to an aromatic ring is 1. The minimum atomic E-state index is -4.57. The van der Waals surface area contributed by atoms with Crippen LogP contribution >= 0.6 is 0 Å². The fraction of sp³-hybridized carbons (Fsp3) is 0.533. The van der Waals surface area contributed by atoms with Gasteiger partial charge in [0.1, 0.15) is 0 Å². The molecule has 0 radical (unpaired) electrons. The number of carbonyl (C=O) groups excluding carboxylic acids is 1. The third-order valence-electron chi connectivity index (χ3n) is 3.05. The Hall–Kier alpha value is -1.72. The fourth-order valence-corrected chi connectivity index (χ4v) is 2.02. The van der Waals surface area contributed by atoms with Gasteiger partial charge in [0.15, 0.2) is 0 Å². The average Bonchev–Trinajstić information content (AvgIpc) is 2.33. The van der Waals surface area contributed by atoms with Crippen LogP contribution in [0.4, 0.5) is 18.9 Å². The van der Waals surface area contributed by atoms with Crippen LogP contribution in [0.25, 0.3) is 0 Å². The van der Waals surface area contributed by atoms with Crippen molar-refractivity contribution in [3.8, 4) is 0 Å². The number of hydrogen-bond acceptors (Lipinski definition) is 2. The zero-order valence-corrected chi connectivity index (χ0v) is 12.7. The van der Waals surface area contributed by atoms with Gasteiger partial charge in [-0.1, -0.05) is 13.8 Å². The molecule has 3 nitrogen and oxygen atoms in total. The summed E-state index contributed by atoms with van der Waals surface area (Å²) in [7, 11) is 0. The van der Waals surface area contributed by atoms with Gasteiger partial charge in [0.05, 0.1) is 5.56 Å². The molecule has 6 heteroatoms. The van der Waals surface area contributed by atoms with Crippen LogP contribution in [0.3, 0.4) is 0 Å². The highest BCUT2D eigenvalue weighted by molar-refractivity contribution is 5.95. The number of amides is 1. The zero-order chi connectivity index (χ0) is 16.4.